The number of aliphatic hydroxyl groups excluding tert-OH is 1. The van der Waals surface area contributed by atoms with Crippen LogP contribution < -0.4 is 4.72 Å². The van der Waals surface area contributed by atoms with E-state index in [4.69, 9.17) is 0 Å². The van der Waals surface area contributed by atoms with Gasteiger partial charge in [-0.25, -0.2) is 12.8 Å². The van der Waals surface area contributed by atoms with E-state index in [1.165, 1.54) is 48.5 Å². The molecule has 0 spiro atoms. The molecule has 2 N–H and O–H groups in total. The molecule has 0 aliphatic carbocycles. The van der Waals surface area contributed by atoms with Crippen LogP contribution in [0, 0.1) is 5.82 Å². The van der Waals surface area contributed by atoms with E-state index in [9.17, 15) is 17.9 Å². The largest absolute Gasteiger partial charge is 0.389 e. The van der Waals surface area contributed by atoms with Gasteiger partial charge in [-0.2, -0.15) is 0 Å². The van der Waals surface area contributed by atoms with Crippen molar-refractivity contribution in [2.24, 2.45) is 0 Å². The van der Waals surface area contributed by atoms with Gasteiger partial charge in [0.1, 0.15) is 5.82 Å². The Morgan fingerprint density at radius 1 is 1.10 bits per heavy atom. The first-order valence-electron chi connectivity index (χ1n) is 5.95. The van der Waals surface area contributed by atoms with Gasteiger partial charge in [-0.1, -0.05) is 24.3 Å². The third kappa shape index (κ3) is 3.15. The molecule has 0 aromatic heterocycles. The molecule has 20 heavy (non-hydrogen) atoms. The summed E-state index contributed by atoms with van der Waals surface area (Å²) >= 11 is 0. The number of rotatable bonds is 4. The van der Waals surface area contributed by atoms with Crippen LogP contribution in [-0.2, 0) is 10.0 Å². The Morgan fingerprint density at radius 2 is 1.70 bits per heavy atom. The van der Waals surface area contributed by atoms with Gasteiger partial charge in [0.2, 0.25) is 0 Å². The average molecular weight is 295 g/mol. The minimum atomic E-state index is -3.85. The Balaban J connectivity index is 2.29. The Kier molecular flexibility index (Phi) is 4.06. The first kappa shape index (κ1) is 14.5. The SMILES string of the molecule is CC(O)c1ccc(S(=O)(=O)Nc2ccccc2F)cc1. The first-order chi connectivity index (χ1) is 9.40. The summed E-state index contributed by atoms with van der Waals surface area (Å²) in [5.74, 6) is -0.642. The van der Waals surface area contributed by atoms with Crippen LogP contribution in [0.2, 0.25) is 0 Å². The highest BCUT2D eigenvalue weighted by atomic mass is 32.2. The Bertz CT molecular complexity index is 697. The van der Waals surface area contributed by atoms with Crippen LogP contribution in [-0.4, -0.2) is 13.5 Å². The van der Waals surface area contributed by atoms with E-state index in [2.05, 4.69) is 4.72 Å². The second-order valence-corrected chi connectivity index (χ2v) is 6.01. The molecule has 0 fully saturated rings. The smallest absolute Gasteiger partial charge is 0.261 e. The standard InChI is InChI=1S/C14H14FNO3S/c1-10(17)11-6-8-12(9-7-11)20(18,19)16-14-5-3-2-4-13(14)15/h2-10,16-17H,1H3. The van der Waals surface area contributed by atoms with Crippen molar-refractivity contribution in [3.05, 3.63) is 59.9 Å². The molecule has 0 heterocycles. The molecule has 106 valence electrons. The van der Waals surface area contributed by atoms with E-state index in [1.54, 1.807) is 6.92 Å². The van der Waals surface area contributed by atoms with Crippen molar-refractivity contribution >= 4 is 15.7 Å². The second kappa shape index (κ2) is 5.60. The van der Waals surface area contributed by atoms with Crippen LogP contribution in [0.15, 0.2) is 53.4 Å². The van der Waals surface area contributed by atoms with E-state index >= 15 is 0 Å². The zero-order valence-electron chi connectivity index (χ0n) is 10.7. The van der Waals surface area contributed by atoms with Crippen LogP contribution in [0.3, 0.4) is 0 Å². The lowest BCUT2D eigenvalue weighted by Gasteiger charge is -2.10. The molecule has 0 radical (unpaired) electrons. The Labute approximate surface area is 116 Å². The van der Waals surface area contributed by atoms with Crippen LogP contribution >= 0.6 is 0 Å². The summed E-state index contributed by atoms with van der Waals surface area (Å²) in [6.45, 7) is 1.58. The maximum Gasteiger partial charge on any atom is 0.261 e. The fourth-order valence-corrected chi connectivity index (χ4v) is 2.74. The summed E-state index contributed by atoms with van der Waals surface area (Å²) < 4.78 is 39.8. The number of benzene rings is 2. The van der Waals surface area contributed by atoms with Gasteiger partial charge in [0, 0.05) is 0 Å². The third-order valence-electron chi connectivity index (χ3n) is 2.79. The Morgan fingerprint density at radius 3 is 2.25 bits per heavy atom. The highest BCUT2D eigenvalue weighted by Crippen LogP contribution is 2.20. The highest BCUT2D eigenvalue weighted by Gasteiger charge is 2.16. The number of anilines is 1. The third-order valence-corrected chi connectivity index (χ3v) is 4.17. The molecular weight excluding hydrogens is 281 g/mol. The lowest BCUT2D eigenvalue weighted by Crippen LogP contribution is -2.14. The summed E-state index contributed by atoms with van der Waals surface area (Å²) in [7, 11) is -3.85. The van der Waals surface area contributed by atoms with Crippen LogP contribution in [0.25, 0.3) is 0 Å². The molecule has 2 rings (SSSR count). The molecule has 0 aliphatic rings. The van der Waals surface area contributed by atoms with Gasteiger partial charge in [0.05, 0.1) is 16.7 Å². The molecular formula is C14H14FNO3S. The minimum absolute atomic E-state index is 0.00477. The van der Waals surface area contributed by atoms with Crippen molar-refractivity contribution in [2.45, 2.75) is 17.9 Å². The summed E-state index contributed by atoms with van der Waals surface area (Å²) in [4.78, 5) is 0.00477. The lowest BCUT2D eigenvalue weighted by molar-refractivity contribution is 0.199. The second-order valence-electron chi connectivity index (χ2n) is 4.33. The van der Waals surface area contributed by atoms with E-state index in [1.807, 2.05) is 0 Å². The van der Waals surface area contributed by atoms with E-state index < -0.39 is 21.9 Å². The number of sulfonamides is 1. The van der Waals surface area contributed by atoms with E-state index in [0.29, 0.717) is 5.56 Å². The molecule has 6 heteroatoms. The normalized spacial score (nSPS) is 12.9. The summed E-state index contributed by atoms with van der Waals surface area (Å²) in [5.41, 5.74) is 0.502. The van der Waals surface area contributed by atoms with Crippen molar-refractivity contribution in [1.82, 2.24) is 0 Å². The number of hydrogen-bond donors (Lipinski definition) is 2. The van der Waals surface area contributed by atoms with Crippen molar-refractivity contribution < 1.29 is 17.9 Å². The van der Waals surface area contributed by atoms with Gasteiger partial charge in [0.25, 0.3) is 10.0 Å². The minimum Gasteiger partial charge on any atom is -0.389 e. The topological polar surface area (TPSA) is 66.4 Å². The van der Waals surface area contributed by atoms with Gasteiger partial charge in [-0.05, 0) is 36.8 Å². The number of halogens is 1. The molecule has 2 aromatic carbocycles. The summed E-state index contributed by atoms with van der Waals surface area (Å²) in [6, 6.07) is 11.3. The van der Waals surface area contributed by atoms with Crippen molar-refractivity contribution in [1.29, 1.82) is 0 Å². The van der Waals surface area contributed by atoms with E-state index in [-0.39, 0.29) is 10.6 Å². The fraction of sp³-hybridized carbons (Fsp3) is 0.143. The lowest BCUT2D eigenvalue weighted by atomic mass is 10.1. The molecule has 0 saturated carbocycles. The van der Waals surface area contributed by atoms with Crippen LogP contribution in [0.1, 0.15) is 18.6 Å². The van der Waals surface area contributed by atoms with Gasteiger partial charge >= 0.3 is 0 Å². The van der Waals surface area contributed by atoms with Gasteiger partial charge in [0.15, 0.2) is 0 Å². The number of para-hydroxylation sites is 1. The molecule has 0 bridgehead atoms. The average Bonchev–Trinajstić information content (AvgIpc) is 2.41. The maximum absolute atomic E-state index is 13.4. The highest BCUT2D eigenvalue weighted by molar-refractivity contribution is 7.92. The predicted octanol–water partition coefficient (Wildman–Crippen LogP) is 2.68. The zero-order valence-corrected chi connectivity index (χ0v) is 11.6. The summed E-state index contributed by atoms with van der Waals surface area (Å²) in [5, 5.41) is 9.37. The van der Waals surface area contributed by atoms with Gasteiger partial charge in [-0.3, -0.25) is 4.72 Å². The van der Waals surface area contributed by atoms with Crippen LogP contribution in [0.4, 0.5) is 10.1 Å². The van der Waals surface area contributed by atoms with E-state index in [0.717, 1.165) is 0 Å². The van der Waals surface area contributed by atoms with Crippen molar-refractivity contribution in [3.63, 3.8) is 0 Å². The quantitative estimate of drug-likeness (QED) is 0.911. The number of nitrogens with one attached hydrogen (secondary N) is 1. The zero-order chi connectivity index (χ0) is 14.8. The summed E-state index contributed by atoms with van der Waals surface area (Å²) in [6.07, 6.45) is -0.675. The molecule has 0 saturated heterocycles. The van der Waals surface area contributed by atoms with Crippen LogP contribution in [0.5, 0.6) is 0 Å². The maximum atomic E-state index is 13.4. The first-order valence-corrected chi connectivity index (χ1v) is 7.44. The molecule has 0 aliphatic heterocycles. The fourth-order valence-electron chi connectivity index (χ4n) is 1.67. The molecule has 1 atom stereocenters. The molecule has 2 aromatic rings. The number of hydrogen-bond acceptors (Lipinski definition) is 3. The Hall–Kier alpha value is -1.92. The van der Waals surface area contributed by atoms with Crippen molar-refractivity contribution in [2.75, 3.05) is 4.72 Å². The monoisotopic (exact) mass is 295 g/mol. The number of aliphatic hydroxyl groups is 1. The van der Waals surface area contributed by atoms with Gasteiger partial charge < -0.3 is 5.11 Å². The molecule has 0 amide bonds. The van der Waals surface area contributed by atoms with Gasteiger partial charge in [-0.15, -0.1) is 0 Å². The van der Waals surface area contributed by atoms with Crippen molar-refractivity contribution in [3.8, 4) is 0 Å². The predicted molar refractivity (Wildman–Crippen MR) is 74.3 cm³/mol. The molecule has 1 unspecified atom stereocenters. The molecule has 4 nitrogen and oxygen atoms in total.